The van der Waals surface area contributed by atoms with Gasteiger partial charge in [0.15, 0.2) is 0 Å². The second kappa shape index (κ2) is 15.6. The van der Waals surface area contributed by atoms with Crippen molar-refractivity contribution in [1.82, 2.24) is 25.0 Å². The lowest BCUT2D eigenvalue weighted by molar-refractivity contribution is -0.143. The fourth-order valence-electron chi connectivity index (χ4n) is 5.30. The van der Waals surface area contributed by atoms with E-state index in [1.807, 2.05) is 30.3 Å². The summed E-state index contributed by atoms with van der Waals surface area (Å²) in [5.74, 6) is -0.0631. The highest BCUT2D eigenvalue weighted by atomic mass is 35.5. The van der Waals surface area contributed by atoms with Gasteiger partial charge in [0.05, 0.1) is 27.8 Å². The summed E-state index contributed by atoms with van der Waals surface area (Å²) in [6.45, 7) is 1.90. The molecule has 3 heterocycles. The molecule has 48 heavy (non-hydrogen) atoms. The summed E-state index contributed by atoms with van der Waals surface area (Å²) in [6.07, 6.45) is 1.59. The van der Waals surface area contributed by atoms with E-state index in [1.165, 1.54) is 37.7 Å². The zero-order valence-electron chi connectivity index (χ0n) is 25.6. The van der Waals surface area contributed by atoms with Crippen LogP contribution in [0.4, 0.5) is 29.3 Å². The first-order valence-electron chi connectivity index (χ1n) is 15.2. The van der Waals surface area contributed by atoms with Gasteiger partial charge in [0.1, 0.15) is 12.2 Å². The normalized spacial score (nSPS) is 13.6. The lowest BCUT2D eigenvalue weighted by atomic mass is 9.99. The number of urea groups is 1. The van der Waals surface area contributed by atoms with Crippen molar-refractivity contribution in [2.45, 2.75) is 38.4 Å². The van der Waals surface area contributed by atoms with Crippen LogP contribution in [0, 0.1) is 0 Å². The Morgan fingerprint density at radius 1 is 0.875 bits per heavy atom. The van der Waals surface area contributed by atoms with Crippen molar-refractivity contribution in [2.24, 2.45) is 0 Å². The second-order valence-corrected chi connectivity index (χ2v) is 12.1. The molecule has 2 aromatic heterocycles. The van der Waals surface area contributed by atoms with Crippen LogP contribution >= 0.6 is 23.2 Å². The first-order valence-corrected chi connectivity index (χ1v) is 16.0. The SMILES string of the molecule is O=C(Cc1ccc(-c2cccc(-c3cc(NC(=O)Nc4c(Cl)cncc4Cl)c(=O)n(CC(F)(F)F)n3)c2)cc1)NCCN1CCCCC1. The summed E-state index contributed by atoms with van der Waals surface area (Å²) in [6, 6.07) is 14.4. The first-order chi connectivity index (χ1) is 22.9. The molecule has 15 heteroatoms. The Hall–Kier alpha value is -4.46. The Bertz CT molecular complexity index is 1810. The van der Waals surface area contributed by atoms with Crippen molar-refractivity contribution in [3.8, 4) is 22.4 Å². The van der Waals surface area contributed by atoms with Gasteiger partial charge < -0.3 is 20.9 Å². The summed E-state index contributed by atoms with van der Waals surface area (Å²) >= 11 is 12.1. The van der Waals surface area contributed by atoms with Crippen molar-refractivity contribution < 1.29 is 22.8 Å². The van der Waals surface area contributed by atoms with Gasteiger partial charge in [-0.1, -0.05) is 72.1 Å². The van der Waals surface area contributed by atoms with Crippen LogP contribution in [0.15, 0.2) is 71.8 Å². The van der Waals surface area contributed by atoms with Gasteiger partial charge in [0.2, 0.25) is 5.91 Å². The van der Waals surface area contributed by atoms with E-state index in [-0.39, 0.29) is 38.4 Å². The second-order valence-electron chi connectivity index (χ2n) is 11.3. The average Bonchev–Trinajstić information content (AvgIpc) is 3.05. The number of piperidine rings is 1. The minimum absolute atomic E-state index is 0.00272. The smallest absolute Gasteiger partial charge is 0.355 e. The zero-order chi connectivity index (χ0) is 34.3. The van der Waals surface area contributed by atoms with E-state index in [0.717, 1.165) is 36.3 Å². The highest BCUT2D eigenvalue weighted by Crippen LogP contribution is 2.30. The van der Waals surface area contributed by atoms with Gasteiger partial charge in [-0.15, -0.1) is 0 Å². The van der Waals surface area contributed by atoms with Gasteiger partial charge in [-0.2, -0.15) is 18.3 Å². The Kier molecular flexibility index (Phi) is 11.3. The summed E-state index contributed by atoms with van der Waals surface area (Å²) < 4.78 is 40.4. The molecule has 10 nitrogen and oxygen atoms in total. The zero-order valence-corrected chi connectivity index (χ0v) is 27.1. The molecular formula is C33H32Cl2F3N7O3. The predicted octanol–water partition coefficient (Wildman–Crippen LogP) is 6.63. The molecule has 0 saturated carbocycles. The molecule has 0 radical (unpaired) electrons. The maximum atomic E-state index is 13.4. The van der Waals surface area contributed by atoms with E-state index in [9.17, 15) is 27.6 Å². The number of anilines is 2. The molecule has 3 N–H and O–H groups in total. The maximum absolute atomic E-state index is 13.4. The molecule has 4 aromatic rings. The number of likely N-dealkylation sites (tertiary alicyclic amines) is 1. The van der Waals surface area contributed by atoms with E-state index >= 15 is 0 Å². The van der Waals surface area contributed by atoms with Crippen LogP contribution < -0.4 is 21.5 Å². The molecule has 0 unspecified atom stereocenters. The number of alkyl halides is 3. The Balaban J connectivity index is 1.32. The lowest BCUT2D eigenvalue weighted by Crippen LogP contribution is -2.38. The summed E-state index contributed by atoms with van der Waals surface area (Å²) in [5.41, 5.74) is 1.12. The summed E-state index contributed by atoms with van der Waals surface area (Å²) in [5, 5.41) is 11.6. The third-order valence-corrected chi connectivity index (χ3v) is 8.23. The number of nitrogens with one attached hydrogen (secondary N) is 3. The standard InChI is InChI=1S/C33H32Cl2F3N7O3/c34-25-18-39-19-26(35)30(25)42-32(48)41-28-17-27(43-45(31(28)47)20-33(36,37)38)24-6-4-5-23(16-24)22-9-7-21(8-10-22)15-29(46)40-11-14-44-12-2-1-3-13-44/h4-10,16-19H,1-3,11-15,20H2,(H,40,46)(H2,39,41,42,48). The highest BCUT2D eigenvalue weighted by molar-refractivity contribution is 6.39. The molecule has 2 aromatic carbocycles. The topological polar surface area (TPSA) is 121 Å². The van der Waals surface area contributed by atoms with Gasteiger partial charge >= 0.3 is 12.2 Å². The number of pyridine rings is 1. The molecule has 1 aliphatic heterocycles. The summed E-state index contributed by atoms with van der Waals surface area (Å²) in [4.78, 5) is 44.3. The molecule has 3 amide bonds. The molecule has 0 spiro atoms. The molecule has 1 aliphatic rings. The quantitative estimate of drug-likeness (QED) is 0.171. The van der Waals surface area contributed by atoms with Crippen LogP contribution in [0.3, 0.4) is 0 Å². The van der Waals surface area contributed by atoms with E-state index in [4.69, 9.17) is 23.2 Å². The molecule has 1 fully saturated rings. The number of amides is 3. The molecular weight excluding hydrogens is 670 g/mol. The number of aromatic nitrogens is 3. The largest absolute Gasteiger partial charge is 0.408 e. The highest BCUT2D eigenvalue weighted by Gasteiger charge is 2.30. The van der Waals surface area contributed by atoms with Gasteiger partial charge in [-0.25, -0.2) is 9.48 Å². The maximum Gasteiger partial charge on any atom is 0.408 e. The Labute approximate surface area is 284 Å². The van der Waals surface area contributed by atoms with Gasteiger partial charge in [-0.3, -0.25) is 14.6 Å². The van der Waals surface area contributed by atoms with Gasteiger partial charge in [-0.05, 0) is 54.8 Å². The first kappa shape index (κ1) is 34.9. The Morgan fingerprint density at radius 2 is 1.56 bits per heavy atom. The van der Waals surface area contributed by atoms with E-state index in [2.05, 4.69) is 30.9 Å². The van der Waals surface area contributed by atoms with Crippen molar-refractivity contribution in [2.75, 3.05) is 36.8 Å². The fraction of sp³-hybridized carbons (Fsp3) is 0.303. The number of benzene rings is 2. The monoisotopic (exact) mass is 701 g/mol. The van der Waals surface area contributed by atoms with E-state index in [1.54, 1.807) is 18.2 Å². The number of halogens is 5. The van der Waals surface area contributed by atoms with Crippen LogP contribution in [-0.4, -0.2) is 64.0 Å². The van der Waals surface area contributed by atoms with E-state index < -0.39 is 30.0 Å². The molecule has 0 bridgehead atoms. The number of carbonyl (C=O) groups is 2. The van der Waals surface area contributed by atoms with Crippen molar-refractivity contribution in [1.29, 1.82) is 0 Å². The predicted molar refractivity (Wildman–Crippen MR) is 179 cm³/mol. The third-order valence-electron chi connectivity index (χ3n) is 7.65. The molecule has 5 rings (SSSR count). The molecule has 252 valence electrons. The lowest BCUT2D eigenvalue weighted by Gasteiger charge is -2.26. The Morgan fingerprint density at radius 3 is 2.25 bits per heavy atom. The number of rotatable bonds is 10. The van der Waals surface area contributed by atoms with Crippen LogP contribution in [-0.2, 0) is 17.8 Å². The van der Waals surface area contributed by atoms with Crippen molar-refractivity contribution >= 4 is 46.5 Å². The average molecular weight is 703 g/mol. The third kappa shape index (κ3) is 9.55. The molecule has 0 atom stereocenters. The van der Waals surface area contributed by atoms with Crippen molar-refractivity contribution in [3.63, 3.8) is 0 Å². The van der Waals surface area contributed by atoms with Crippen LogP contribution in [0.25, 0.3) is 22.4 Å². The van der Waals surface area contributed by atoms with Crippen LogP contribution in [0.5, 0.6) is 0 Å². The fourth-order valence-corrected chi connectivity index (χ4v) is 5.76. The van der Waals surface area contributed by atoms with Crippen LogP contribution in [0.2, 0.25) is 10.0 Å². The molecule has 0 aliphatic carbocycles. The van der Waals surface area contributed by atoms with Crippen molar-refractivity contribution in [3.05, 3.63) is 93.0 Å². The molecule has 1 saturated heterocycles. The number of hydrogen-bond donors (Lipinski definition) is 3. The van der Waals surface area contributed by atoms with Crippen LogP contribution in [0.1, 0.15) is 24.8 Å². The minimum Gasteiger partial charge on any atom is -0.355 e. The van der Waals surface area contributed by atoms with E-state index in [0.29, 0.717) is 12.1 Å². The summed E-state index contributed by atoms with van der Waals surface area (Å²) in [7, 11) is 0. The van der Waals surface area contributed by atoms with Gasteiger partial charge in [0.25, 0.3) is 5.56 Å². The van der Waals surface area contributed by atoms with Gasteiger partial charge in [0, 0.05) is 31.0 Å². The minimum atomic E-state index is -4.76. The number of hydrogen-bond acceptors (Lipinski definition) is 6. The number of carbonyl (C=O) groups excluding carboxylic acids is 2. The number of nitrogens with zero attached hydrogens (tertiary/aromatic N) is 4.